The van der Waals surface area contributed by atoms with Crippen LogP contribution in [-0.4, -0.2) is 15.6 Å². The lowest BCUT2D eigenvalue weighted by atomic mass is 9.84. The fourth-order valence-corrected chi connectivity index (χ4v) is 2.85. The minimum absolute atomic E-state index is 0.631. The zero-order valence-electron chi connectivity index (χ0n) is 11.2. The van der Waals surface area contributed by atoms with Crippen molar-refractivity contribution in [3.05, 3.63) is 12.4 Å². The molecule has 2 rings (SSSR count). The lowest BCUT2D eigenvalue weighted by molar-refractivity contribution is 0.326. The summed E-state index contributed by atoms with van der Waals surface area (Å²) in [6.45, 7) is 5.58. The van der Waals surface area contributed by atoms with E-state index in [1.165, 1.54) is 32.1 Å². The highest BCUT2D eigenvalue weighted by Crippen LogP contribution is 2.28. The molecule has 2 atom stereocenters. The molecular weight excluding hydrogens is 210 g/mol. The number of aryl methyl sites for hydroxylation is 1. The number of hydrogen-bond acceptors (Lipinski definition) is 2. The standard InChI is InChI=1S/C14H25N3/c1-3-9-17-10-8-15-14(17)16-13-7-5-6-12(4-2)11-13/h8,10,12-13H,3-7,9,11H2,1-2H3,(H,15,16). The third-order valence-electron chi connectivity index (χ3n) is 3.87. The Morgan fingerprint density at radius 2 is 2.29 bits per heavy atom. The van der Waals surface area contributed by atoms with Gasteiger partial charge in [-0.25, -0.2) is 4.98 Å². The summed E-state index contributed by atoms with van der Waals surface area (Å²) in [6.07, 6.45) is 11.9. The molecular formula is C14H25N3. The van der Waals surface area contributed by atoms with Gasteiger partial charge in [0.1, 0.15) is 0 Å². The van der Waals surface area contributed by atoms with Crippen LogP contribution in [0, 0.1) is 5.92 Å². The van der Waals surface area contributed by atoms with Crippen molar-refractivity contribution >= 4 is 5.95 Å². The smallest absolute Gasteiger partial charge is 0.202 e. The van der Waals surface area contributed by atoms with Crippen molar-refractivity contribution in [3.63, 3.8) is 0 Å². The summed E-state index contributed by atoms with van der Waals surface area (Å²) in [5, 5.41) is 3.63. The van der Waals surface area contributed by atoms with Crippen LogP contribution in [0.4, 0.5) is 5.95 Å². The zero-order chi connectivity index (χ0) is 12.1. The van der Waals surface area contributed by atoms with Gasteiger partial charge in [0.25, 0.3) is 0 Å². The number of nitrogens with one attached hydrogen (secondary N) is 1. The van der Waals surface area contributed by atoms with Crippen LogP contribution in [0.15, 0.2) is 12.4 Å². The molecule has 1 aliphatic carbocycles. The number of imidazole rings is 1. The van der Waals surface area contributed by atoms with Crippen LogP contribution in [-0.2, 0) is 6.54 Å². The van der Waals surface area contributed by atoms with E-state index in [1.807, 2.05) is 6.20 Å². The Morgan fingerprint density at radius 3 is 3.06 bits per heavy atom. The van der Waals surface area contributed by atoms with E-state index in [9.17, 15) is 0 Å². The van der Waals surface area contributed by atoms with E-state index in [0.29, 0.717) is 6.04 Å². The molecule has 0 aromatic carbocycles. The summed E-state index contributed by atoms with van der Waals surface area (Å²) in [5.41, 5.74) is 0. The zero-order valence-corrected chi connectivity index (χ0v) is 11.2. The van der Waals surface area contributed by atoms with Gasteiger partial charge < -0.3 is 9.88 Å². The van der Waals surface area contributed by atoms with Crippen molar-refractivity contribution in [2.75, 3.05) is 5.32 Å². The van der Waals surface area contributed by atoms with Gasteiger partial charge in [0, 0.05) is 25.0 Å². The molecule has 17 heavy (non-hydrogen) atoms. The number of anilines is 1. The largest absolute Gasteiger partial charge is 0.353 e. The number of nitrogens with zero attached hydrogens (tertiary/aromatic N) is 2. The van der Waals surface area contributed by atoms with E-state index in [0.717, 1.165) is 24.8 Å². The first-order valence-corrected chi connectivity index (χ1v) is 7.11. The Morgan fingerprint density at radius 1 is 1.41 bits per heavy atom. The molecule has 3 nitrogen and oxygen atoms in total. The Balaban J connectivity index is 1.93. The third-order valence-corrected chi connectivity index (χ3v) is 3.87. The molecule has 1 N–H and O–H groups in total. The highest BCUT2D eigenvalue weighted by molar-refractivity contribution is 5.27. The van der Waals surface area contributed by atoms with E-state index in [4.69, 9.17) is 0 Å². The number of rotatable bonds is 5. The molecule has 1 aromatic heterocycles. The molecule has 1 saturated carbocycles. The van der Waals surface area contributed by atoms with Crippen molar-refractivity contribution in [1.82, 2.24) is 9.55 Å². The molecule has 3 heteroatoms. The Bertz CT molecular complexity index is 332. The average molecular weight is 235 g/mol. The maximum atomic E-state index is 4.43. The summed E-state index contributed by atoms with van der Waals surface area (Å²) in [6, 6.07) is 0.631. The molecule has 96 valence electrons. The topological polar surface area (TPSA) is 29.9 Å². The normalized spacial score (nSPS) is 24.8. The Kier molecular flexibility index (Phi) is 4.46. The first-order chi connectivity index (χ1) is 8.33. The van der Waals surface area contributed by atoms with Gasteiger partial charge in [-0.3, -0.25) is 0 Å². The molecule has 1 heterocycles. The minimum atomic E-state index is 0.631. The maximum absolute atomic E-state index is 4.43. The molecule has 2 unspecified atom stereocenters. The van der Waals surface area contributed by atoms with Crippen molar-refractivity contribution in [2.24, 2.45) is 5.92 Å². The first-order valence-electron chi connectivity index (χ1n) is 7.11. The van der Waals surface area contributed by atoms with Crippen molar-refractivity contribution in [1.29, 1.82) is 0 Å². The lowest BCUT2D eigenvalue weighted by Gasteiger charge is -2.29. The predicted molar refractivity (Wildman–Crippen MR) is 72.2 cm³/mol. The summed E-state index contributed by atoms with van der Waals surface area (Å²) >= 11 is 0. The highest BCUT2D eigenvalue weighted by Gasteiger charge is 2.21. The first kappa shape index (κ1) is 12.5. The van der Waals surface area contributed by atoms with Crippen LogP contribution in [0.1, 0.15) is 52.4 Å². The molecule has 0 radical (unpaired) electrons. The van der Waals surface area contributed by atoms with Crippen molar-refractivity contribution < 1.29 is 0 Å². The van der Waals surface area contributed by atoms with Gasteiger partial charge in [0.2, 0.25) is 5.95 Å². The number of aromatic nitrogens is 2. The maximum Gasteiger partial charge on any atom is 0.202 e. The summed E-state index contributed by atoms with van der Waals surface area (Å²) < 4.78 is 2.23. The van der Waals surface area contributed by atoms with Crippen LogP contribution in [0.3, 0.4) is 0 Å². The summed E-state index contributed by atoms with van der Waals surface area (Å²) in [7, 11) is 0. The van der Waals surface area contributed by atoms with Gasteiger partial charge in [-0.05, 0) is 25.2 Å². The number of hydrogen-bond donors (Lipinski definition) is 1. The van der Waals surface area contributed by atoms with Gasteiger partial charge in [0.15, 0.2) is 0 Å². The van der Waals surface area contributed by atoms with Crippen LogP contribution < -0.4 is 5.32 Å². The Labute approximate surface area is 105 Å². The van der Waals surface area contributed by atoms with Gasteiger partial charge in [0.05, 0.1) is 0 Å². The van der Waals surface area contributed by atoms with Crippen LogP contribution >= 0.6 is 0 Å². The second-order valence-corrected chi connectivity index (χ2v) is 5.23. The molecule has 0 aliphatic heterocycles. The third kappa shape index (κ3) is 3.24. The van der Waals surface area contributed by atoms with Gasteiger partial charge in [-0.1, -0.05) is 33.1 Å². The van der Waals surface area contributed by atoms with Crippen LogP contribution in [0.25, 0.3) is 0 Å². The second kappa shape index (κ2) is 6.08. The minimum Gasteiger partial charge on any atom is -0.353 e. The van der Waals surface area contributed by atoms with E-state index in [1.54, 1.807) is 0 Å². The Hall–Kier alpha value is -0.990. The average Bonchev–Trinajstić information content (AvgIpc) is 2.78. The molecule has 0 amide bonds. The molecule has 1 aliphatic rings. The molecule has 0 saturated heterocycles. The SMILES string of the molecule is CCCn1ccnc1NC1CCCC(CC)C1. The lowest BCUT2D eigenvalue weighted by Crippen LogP contribution is -2.28. The van der Waals surface area contributed by atoms with Gasteiger partial charge >= 0.3 is 0 Å². The fraction of sp³-hybridized carbons (Fsp3) is 0.786. The van der Waals surface area contributed by atoms with E-state index < -0.39 is 0 Å². The summed E-state index contributed by atoms with van der Waals surface area (Å²) in [4.78, 5) is 4.43. The molecule has 0 spiro atoms. The molecule has 1 fully saturated rings. The van der Waals surface area contributed by atoms with Crippen LogP contribution in [0.2, 0.25) is 0 Å². The monoisotopic (exact) mass is 235 g/mol. The van der Waals surface area contributed by atoms with Crippen molar-refractivity contribution in [3.8, 4) is 0 Å². The second-order valence-electron chi connectivity index (χ2n) is 5.23. The fourth-order valence-electron chi connectivity index (χ4n) is 2.85. The van der Waals surface area contributed by atoms with Gasteiger partial charge in [-0.15, -0.1) is 0 Å². The quantitative estimate of drug-likeness (QED) is 0.844. The van der Waals surface area contributed by atoms with E-state index >= 15 is 0 Å². The summed E-state index contributed by atoms with van der Waals surface area (Å²) in [5.74, 6) is 1.98. The predicted octanol–water partition coefficient (Wildman–Crippen LogP) is 3.67. The van der Waals surface area contributed by atoms with Crippen molar-refractivity contribution in [2.45, 2.75) is 65.0 Å². The molecule has 0 bridgehead atoms. The van der Waals surface area contributed by atoms with Gasteiger partial charge in [-0.2, -0.15) is 0 Å². The van der Waals surface area contributed by atoms with Crippen LogP contribution in [0.5, 0.6) is 0 Å². The van der Waals surface area contributed by atoms with E-state index in [2.05, 4.69) is 34.9 Å². The molecule has 1 aromatic rings. The highest BCUT2D eigenvalue weighted by atomic mass is 15.2. The van der Waals surface area contributed by atoms with E-state index in [-0.39, 0.29) is 0 Å².